The Balaban J connectivity index is 2.37. The molecular formula is C15H15N3O. The second-order valence-electron chi connectivity index (χ2n) is 3.80. The minimum atomic E-state index is 0.191. The van der Waals surface area contributed by atoms with Crippen molar-refractivity contribution in [3.63, 3.8) is 0 Å². The molecule has 2 aromatic rings. The van der Waals surface area contributed by atoms with Crippen LogP contribution in [-0.2, 0) is 0 Å². The lowest BCUT2D eigenvalue weighted by atomic mass is 10.2. The molecule has 2 rings (SSSR count). The van der Waals surface area contributed by atoms with Crippen LogP contribution < -0.4 is 10.1 Å². The van der Waals surface area contributed by atoms with Gasteiger partial charge < -0.3 is 10.1 Å². The molecule has 0 aliphatic carbocycles. The minimum Gasteiger partial charge on any atom is -0.464 e. The second kappa shape index (κ2) is 6.41. The van der Waals surface area contributed by atoms with Crippen molar-refractivity contribution < 1.29 is 4.74 Å². The van der Waals surface area contributed by atoms with Crippen molar-refractivity contribution >= 4 is 5.82 Å². The molecule has 4 heteroatoms. The van der Waals surface area contributed by atoms with Gasteiger partial charge in [0.15, 0.2) is 12.4 Å². The zero-order valence-electron chi connectivity index (χ0n) is 10.8. The lowest BCUT2D eigenvalue weighted by molar-refractivity contribution is 0.355. The number of aromatic nitrogens is 2. The van der Waals surface area contributed by atoms with E-state index in [2.05, 4.69) is 21.2 Å². The van der Waals surface area contributed by atoms with Crippen LogP contribution in [-0.4, -0.2) is 23.1 Å². The third-order valence-electron chi connectivity index (χ3n) is 2.40. The van der Waals surface area contributed by atoms with Crippen LogP contribution >= 0.6 is 0 Å². The summed E-state index contributed by atoms with van der Waals surface area (Å²) in [5.41, 5.74) is 0.938. The Hall–Kier alpha value is -2.54. The summed E-state index contributed by atoms with van der Waals surface area (Å²) in [5.74, 6) is 4.24. The molecule has 96 valence electrons. The van der Waals surface area contributed by atoms with Crippen LogP contribution in [0.1, 0.15) is 6.92 Å². The molecule has 1 heterocycles. The Morgan fingerprint density at radius 3 is 2.74 bits per heavy atom. The number of rotatable bonds is 5. The summed E-state index contributed by atoms with van der Waals surface area (Å²) in [4.78, 5) is 8.80. The molecule has 0 saturated carbocycles. The molecule has 19 heavy (non-hydrogen) atoms. The number of terminal acetylenes is 1. The summed E-state index contributed by atoms with van der Waals surface area (Å²) < 4.78 is 5.38. The van der Waals surface area contributed by atoms with Crippen molar-refractivity contribution in [1.82, 2.24) is 9.97 Å². The van der Waals surface area contributed by atoms with E-state index in [9.17, 15) is 0 Å². The minimum absolute atomic E-state index is 0.191. The molecule has 1 aromatic carbocycles. The van der Waals surface area contributed by atoms with Crippen LogP contribution in [0.4, 0.5) is 5.82 Å². The van der Waals surface area contributed by atoms with Gasteiger partial charge in [-0.05, 0) is 6.92 Å². The van der Waals surface area contributed by atoms with Crippen molar-refractivity contribution in [1.29, 1.82) is 0 Å². The third kappa shape index (κ3) is 3.46. The highest BCUT2D eigenvalue weighted by molar-refractivity contribution is 5.58. The quantitative estimate of drug-likeness (QED) is 0.832. The van der Waals surface area contributed by atoms with E-state index in [0.29, 0.717) is 11.7 Å². The number of nitrogens with zero attached hydrogens (tertiary/aromatic N) is 2. The fraction of sp³-hybridized carbons (Fsp3) is 0.200. The van der Waals surface area contributed by atoms with E-state index in [0.717, 1.165) is 17.9 Å². The Kier molecular flexibility index (Phi) is 4.35. The number of hydrogen-bond donors (Lipinski definition) is 1. The Bertz CT molecular complexity index is 576. The summed E-state index contributed by atoms with van der Waals surface area (Å²) in [6.07, 6.45) is 5.19. The zero-order chi connectivity index (χ0) is 13.5. The number of benzene rings is 1. The van der Waals surface area contributed by atoms with E-state index < -0.39 is 0 Å². The van der Waals surface area contributed by atoms with Gasteiger partial charge in [0.05, 0.1) is 0 Å². The Morgan fingerprint density at radius 1 is 1.26 bits per heavy atom. The fourth-order valence-corrected chi connectivity index (χ4v) is 1.60. The SMILES string of the molecule is C#CCOc1cc(NCC)nc(-c2ccccc2)n1. The Labute approximate surface area is 112 Å². The molecule has 4 nitrogen and oxygen atoms in total. The van der Waals surface area contributed by atoms with Crippen molar-refractivity contribution in [2.24, 2.45) is 0 Å². The van der Waals surface area contributed by atoms with Gasteiger partial charge >= 0.3 is 0 Å². The molecule has 1 N–H and O–H groups in total. The predicted molar refractivity (Wildman–Crippen MR) is 76.0 cm³/mol. The van der Waals surface area contributed by atoms with Crippen molar-refractivity contribution in [3.05, 3.63) is 36.4 Å². The van der Waals surface area contributed by atoms with Gasteiger partial charge in [-0.15, -0.1) is 6.42 Å². The van der Waals surface area contributed by atoms with E-state index in [1.54, 1.807) is 6.07 Å². The molecule has 0 amide bonds. The smallest absolute Gasteiger partial charge is 0.220 e. The molecule has 0 spiro atoms. The first-order valence-corrected chi connectivity index (χ1v) is 6.08. The van der Waals surface area contributed by atoms with Gasteiger partial charge in [0.25, 0.3) is 0 Å². The van der Waals surface area contributed by atoms with E-state index >= 15 is 0 Å². The number of anilines is 1. The van der Waals surface area contributed by atoms with E-state index in [-0.39, 0.29) is 6.61 Å². The number of nitrogens with one attached hydrogen (secondary N) is 1. The first-order valence-electron chi connectivity index (χ1n) is 6.08. The maximum atomic E-state index is 5.38. The molecule has 0 unspecified atom stereocenters. The summed E-state index contributed by atoms with van der Waals surface area (Å²) in [6, 6.07) is 11.5. The highest BCUT2D eigenvalue weighted by Gasteiger charge is 2.06. The zero-order valence-corrected chi connectivity index (χ0v) is 10.8. The van der Waals surface area contributed by atoms with Crippen LogP contribution in [0.25, 0.3) is 11.4 Å². The molecule has 0 atom stereocenters. The number of hydrogen-bond acceptors (Lipinski definition) is 4. The van der Waals surface area contributed by atoms with Crippen molar-refractivity contribution in [3.8, 4) is 29.6 Å². The monoisotopic (exact) mass is 253 g/mol. The van der Waals surface area contributed by atoms with Gasteiger partial charge in [-0.3, -0.25) is 0 Å². The molecule has 1 aromatic heterocycles. The van der Waals surface area contributed by atoms with E-state index in [1.807, 2.05) is 37.3 Å². The lowest BCUT2D eigenvalue weighted by Crippen LogP contribution is -2.04. The summed E-state index contributed by atoms with van der Waals surface area (Å²) in [7, 11) is 0. The van der Waals surface area contributed by atoms with Crippen LogP contribution in [0.15, 0.2) is 36.4 Å². The molecule has 0 saturated heterocycles. The van der Waals surface area contributed by atoms with Crippen LogP contribution in [0.2, 0.25) is 0 Å². The lowest BCUT2D eigenvalue weighted by Gasteiger charge is -2.08. The second-order valence-corrected chi connectivity index (χ2v) is 3.80. The number of ether oxygens (including phenoxy) is 1. The van der Waals surface area contributed by atoms with E-state index in [4.69, 9.17) is 11.2 Å². The molecular weight excluding hydrogens is 238 g/mol. The maximum Gasteiger partial charge on any atom is 0.220 e. The van der Waals surface area contributed by atoms with Crippen LogP contribution in [0.3, 0.4) is 0 Å². The molecule has 0 radical (unpaired) electrons. The average molecular weight is 253 g/mol. The molecule has 0 fully saturated rings. The predicted octanol–water partition coefficient (Wildman–Crippen LogP) is 2.59. The summed E-state index contributed by atoms with van der Waals surface area (Å²) in [5, 5.41) is 3.15. The van der Waals surface area contributed by atoms with Crippen LogP contribution in [0.5, 0.6) is 5.88 Å². The van der Waals surface area contributed by atoms with Crippen molar-refractivity contribution in [2.45, 2.75) is 6.92 Å². The maximum absolute atomic E-state index is 5.38. The van der Waals surface area contributed by atoms with Gasteiger partial charge in [0.1, 0.15) is 5.82 Å². The summed E-state index contributed by atoms with van der Waals surface area (Å²) in [6.45, 7) is 2.98. The summed E-state index contributed by atoms with van der Waals surface area (Å²) >= 11 is 0. The van der Waals surface area contributed by atoms with Gasteiger partial charge in [-0.1, -0.05) is 36.3 Å². The third-order valence-corrected chi connectivity index (χ3v) is 2.40. The van der Waals surface area contributed by atoms with Crippen LogP contribution in [0, 0.1) is 12.3 Å². The van der Waals surface area contributed by atoms with Gasteiger partial charge in [-0.25, -0.2) is 4.98 Å². The Morgan fingerprint density at radius 2 is 2.05 bits per heavy atom. The first-order chi connectivity index (χ1) is 9.33. The van der Waals surface area contributed by atoms with Gasteiger partial charge in [0.2, 0.25) is 5.88 Å². The standard InChI is InChI=1S/C15H15N3O/c1-3-10-19-14-11-13(16-4-2)17-15(18-14)12-8-6-5-7-9-12/h1,5-9,11H,4,10H2,2H3,(H,16,17,18). The fourth-order valence-electron chi connectivity index (χ4n) is 1.60. The van der Waals surface area contributed by atoms with Gasteiger partial charge in [0, 0.05) is 18.2 Å². The normalized spacial score (nSPS) is 9.68. The highest BCUT2D eigenvalue weighted by Crippen LogP contribution is 2.21. The largest absolute Gasteiger partial charge is 0.464 e. The van der Waals surface area contributed by atoms with Crippen molar-refractivity contribution in [2.75, 3.05) is 18.5 Å². The molecule has 0 aliphatic rings. The topological polar surface area (TPSA) is 47.0 Å². The molecule has 0 bridgehead atoms. The van der Waals surface area contributed by atoms with E-state index in [1.165, 1.54) is 0 Å². The molecule has 0 aliphatic heterocycles. The average Bonchev–Trinajstić information content (AvgIpc) is 2.46. The highest BCUT2D eigenvalue weighted by atomic mass is 16.5. The van der Waals surface area contributed by atoms with Gasteiger partial charge in [-0.2, -0.15) is 4.98 Å². The first kappa shape index (κ1) is 12.9.